The fraction of sp³-hybridized carbons (Fsp3) is 0.765. The van der Waals surface area contributed by atoms with E-state index in [0.717, 1.165) is 18.1 Å². The van der Waals surface area contributed by atoms with E-state index < -0.39 is 0 Å². The molecule has 1 aromatic rings. The molecule has 0 saturated carbocycles. The van der Waals surface area contributed by atoms with Gasteiger partial charge in [-0.1, -0.05) is 51.4 Å². The van der Waals surface area contributed by atoms with E-state index in [0.29, 0.717) is 6.61 Å². The predicted octanol–water partition coefficient (Wildman–Crippen LogP) is 5.63. The number of thiol groups is 1. The van der Waals surface area contributed by atoms with Gasteiger partial charge in [0.25, 0.3) is 0 Å². The normalized spacial score (nSPS) is 11.1. The molecule has 1 rings (SSSR count). The first-order chi connectivity index (χ1) is 9.93. The van der Waals surface area contributed by atoms with Crippen LogP contribution in [-0.4, -0.2) is 12.4 Å². The summed E-state index contributed by atoms with van der Waals surface area (Å²) in [4.78, 5) is 0. The molecule has 0 atom stereocenters. The molecular weight excluding hydrogens is 268 g/mol. The molecule has 0 aliphatic rings. The third-order valence-electron chi connectivity index (χ3n) is 3.52. The Bertz CT molecular complexity index is 285. The van der Waals surface area contributed by atoms with Gasteiger partial charge < -0.3 is 9.15 Å². The summed E-state index contributed by atoms with van der Waals surface area (Å²) in [7, 11) is 0. The fourth-order valence-corrected chi connectivity index (χ4v) is 2.52. The highest BCUT2D eigenvalue weighted by Crippen LogP contribution is 2.11. The maximum atomic E-state index is 5.56. The highest BCUT2D eigenvalue weighted by Gasteiger charge is 1.96. The van der Waals surface area contributed by atoms with Crippen molar-refractivity contribution < 1.29 is 9.15 Å². The van der Waals surface area contributed by atoms with E-state index in [9.17, 15) is 0 Å². The Morgan fingerprint density at radius 1 is 0.850 bits per heavy atom. The molecule has 0 unspecified atom stereocenters. The Morgan fingerprint density at radius 3 is 2.00 bits per heavy atom. The molecular formula is C17H30O2S. The fourth-order valence-electron chi connectivity index (χ4n) is 2.30. The van der Waals surface area contributed by atoms with Gasteiger partial charge in [0.1, 0.15) is 12.4 Å². The Hall–Kier alpha value is -0.410. The van der Waals surface area contributed by atoms with Crippen LogP contribution in [0.1, 0.15) is 70.0 Å². The minimum atomic E-state index is 0.610. The van der Waals surface area contributed by atoms with Crippen LogP contribution in [-0.2, 0) is 11.3 Å². The number of hydrogen-bond donors (Lipinski definition) is 1. The molecule has 0 fully saturated rings. The Kier molecular flexibility index (Phi) is 12.0. The maximum absolute atomic E-state index is 5.56. The van der Waals surface area contributed by atoms with Crippen molar-refractivity contribution in [2.45, 2.75) is 70.8 Å². The van der Waals surface area contributed by atoms with E-state index >= 15 is 0 Å². The van der Waals surface area contributed by atoms with Crippen LogP contribution < -0.4 is 0 Å². The first kappa shape index (κ1) is 17.6. The molecule has 0 aliphatic heterocycles. The van der Waals surface area contributed by atoms with Crippen LogP contribution >= 0.6 is 12.6 Å². The van der Waals surface area contributed by atoms with Gasteiger partial charge >= 0.3 is 0 Å². The second-order valence-electron chi connectivity index (χ2n) is 5.39. The van der Waals surface area contributed by atoms with E-state index in [-0.39, 0.29) is 0 Å². The van der Waals surface area contributed by atoms with Gasteiger partial charge in [0.2, 0.25) is 0 Å². The van der Waals surface area contributed by atoms with Crippen molar-refractivity contribution in [3.63, 3.8) is 0 Å². The van der Waals surface area contributed by atoms with E-state index in [4.69, 9.17) is 9.15 Å². The molecule has 0 saturated heterocycles. The van der Waals surface area contributed by atoms with E-state index in [1.807, 2.05) is 12.1 Å². The molecule has 0 N–H and O–H groups in total. The van der Waals surface area contributed by atoms with Crippen molar-refractivity contribution in [3.8, 4) is 0 Å². The van der Waals surface area contributed by atoms with Gasteiger partial charge in [-0.25, -0.2) is 0 Å². The number of furan rings is 1. The highest BCUT2D eigenvalue weighted by atomic mass is 32.1. The van der Waals surface area contributed by atoms with E-state index in [1.54, 1.807) is 6.26 Å². The van der Waals surface area contributed by atoms with Gasteiger partial charge in [-0.15, -0.1) is 0 Å². The standard InChI is InChI=1S/C17H30O2S/c20-15-10-8-6-4-2-1-3-5-7-9-13-18-16-17-12-11-14-19-17/h11-12,14,20H,1-10,13,15-16H2. The van der Waals surface area contributed by atoms with Crippen molar-refractivity contribution in [3.05, 3.63) is 24.2 Å². The van der Waals surface area contributed by atoms with Gasteiger partial charge in [-0.2, -0.15) is 12.6 Å². The minimum absolute atomic E-state index is 0.610. The highest BCUT2D eigenvalue weighted by molar-refractivity contribution is 7.80. The van der Waals surface area contributed by atoms with Crippen LogP contribution in [0.3, 0.4) is 0 Å². The summed E-state index contributed by atoms with van der Waals surface area (Å²) in [6.07, 6.45) is 15.1. The molecule has 1 heterocycles. The first-order valence-electron chi connectivity index (χ1n) is 8.14. The third-order valence-corrected chi connectivity index (χ3v) is 3.84. The Labute approximate surface area is 129 Å². The summed E-state index contributed by atoms with van der Waals surface area (Å²) < 4.78 is 10.8. The third kappa shape index (κ3) is 10.4. The zero-order valence-corrected chi connectivity index (χ0v) is 13.6. The van der Waals surface area contributed by atoms with E-state index in [2.05, 4.69) is 12.6 Å². The molecule has 116 valence electrons. The molecule has 0 amide bonds. The van der Waals surface area contributed by atoms with Crippen LogP contribution in [0, 0.1) is 0 Å². The molecule has 0 spiro atoms. The lowest BCUT2D eigenvalue weighted by Gasteiger charge is -2.03. The zero-order valence-electron chi connectivity index (χ0n) is 12.7. The lowest BCUT2D eigenvalue weighted by molar-refractivity contribution is 0.102. The molecule has 0 aliphatic carbocycles. The SMILES string of the molecule is SCCCCCCCCCCCCOCc1ccco1. The van der Waals surface area contributed by atoms with Crippen molar-refractivity contribution in [1.29, 1.82) is 0 Å². The Morgan fingerprint density at radius 2 is 1.45 bits per heavy atom. The molecule has 1 aromatic heterocycles. The van der Waals surface area contributed by atoms with Gasteiger partial charge in [0.15, 0.2) is 0 Å². The monoisotopic (exact) mass is 298 g/mol. The van der Waals surface area contributed by atoms with Crippen molar-refractivity contribution in [2.75, 3.05) is 12.4 Å². The van der Waals surface area contributed by atoms with Gasteiger partial charge in [0.05, 0.1) is 6.26 Å². The van der Waals surface area contributed by atoms with Gasteiger partial charge in [-0.3, -0.25) is 0 Å². The molecule has 20 heavy (non-hydrogen) atoms. The van der Waals surface area contributed by atoms with Crippen molar-refractivity contribution in [2.24, 2.45) is 0 Å². The van der Waals surface area contributed by atoms with Gasteiger partial charge in [-0.05, 0) is 30.7 Å². The summed E-state index contributed by atoms with van der Waals surface area (Å²) in [6, 6.07) is 3.85. The quantitative estimate of drug-likeness (QED) is 0.355. The van der Waals surface area contributed by atoms with Crippen LogP contribution in [0.4, 0.5) is 0 Å². The molecule has 0 radical (unpaired) electrons. The smallest absolute Gasteiger partial charge is 0.129 e. The first-order valence-corrected chi connectivity index (χ1v) is 8.77. The van der Waals surface area contributed by atoms with Crippen LogP contribution in [0.15, 0.2) is 22.8 Å². The number of ether oxygens (including phenoxy) is 1. The molecule has 0 aromatic carbocycles. The lowest BCUT2D eigenvalue weighted by atomic mass is 10.1. The van der Waals surface area contributed by atoms with Crippen molar-refractivity contribution in [1.82, 2.24) is 0 Å². The second-order valence-corrected chi connectivity index (χ2v) is 5.84. The van der Waals surface area contributed by atoms with E-state index in [1.165, 1.54) is 64.2 Å². The summed E-state index contributed by atoms with van der Waals surface area (Å²) in [5.41, 5.74) is 0. The zero-order chi connectivity index (χ0) is 14.3. The number of rotatable bonds is 14. The average molecular weight is 298 g/mol. The molecule has 0 bridgehead atoms. The summed E-state index contributed by atoms with van der Waals surface area (Å²) in [6.45, 7) is 1.46. The largest absolute Gasteiger partial charge is 0.467 e. The minimum Gasteiger partial charge on any atom is -0.467 e. The molecule has 3 heteroatoms. The summed E-state index contributed by atoms with van der Waals surface area (Å²) in [5.74, 6) is 1.96. The van der Waals surface area contributed by atoms with Crippen LogP contribution in [0.2, 0.25) is 0 Å². The number of hydrogen-bond acceptors (Lipinski definition) is 3. The summed E-state index contributed by atoms with van der Waals surface area (Å²) in [5, 5.41) is 0. The van der Waals surface area contributed by atoms with Gasteiger partial charge in [0, 0.05) is 6.61 Å². The topological polar surface area (TPSA) is 22.4 Å². The lowest BCUT2D eigenvalue weighted by Crippen LogP contribution is -1.94. The molecule has 2 nitrogen and oxygen atoms in total. The maximum Gasteiger partial charge on any atom is 0.129 e. The van der Waals surface area contributed by atoms with Crippen LogP contribution in [0.5, 0.6) is 0 Å². The number of unbranched alkanes of at least 4 members (excludes halogenated alkanes) is 9. The average Bonchev–Trinajstić information content (AvgIpc) is 2.97. The van der Waals surface area contributed by atoms with Crippen molar-refractivity contribution >= 4 is 12.6 Å². The second kappa shape index (κ2) is 13.6. The van der Waals surface area contributed by atoms with Crippen LogP contribution in [0.25, 0.3) is 0 Å². The Balaban J connectivity index is 1.70. The predicted molar refractivity (Wildman–Crippen MR) is 88.4 cm³/mol. The summed E-state index contributed by atoms with van der Waals surface area (Å²) >= 11 is 4.23.